The number of hydrogen-bond donors (Lipinski definition) is 0. The lowest BCUT2D eigenvalue weighted by Crippen LogP contribution is -2.45. The van der Waals surface area contributed by atoms with Crippen LogP contribution in [0.4, 0.5) is 0 Å². The van der Waals surface area contributed by atoms with Crippen LogP contribution < -0.4 is 0 Å². The monoisotopic (exact) mass is 284 g/mol. The van der Waals surface area contributed by atoms with Gasteiger partial charge in [-0.15, -0.1) is 0 Å². The molecule has 2 aliphatic rings. The Labute approximate surface area is 114 Å². The normalized spacial score (nSPS) is 30.4. The van der Waals surface area contributed by atoms with Crippen LogP contribution in [-0.2, 0) is 14.8 Å². The fraction of sp³-hybridized carbons (Fsp3) is 0.846. The van der Waals surface area contributed by atoms with Crippen molar-refractivity contribution in [3.8, 4) is 6.07 Å². The molecule has 0 N–H and O–H groups in total. The van der Waals surface area contributed by atoms with E-state index in [0.29, 0.717) is 19.4 Å². The topological polar surface area (TPSA) is 78.2 Å². The van der Waals surface area contributed by atoms with Crippen molar-refractivity contribution in [3.63, 3.8) is 0 Å². The quantitative estimate of drug-likeness (QED) is 0.782. The first kappa shape index (κ1) is 14.5. The average Bonchev–Trinajstić information content (AvgIpc) is 2.98. The highest BCUT2D eigenvalue weighted by Crippen LogP contribution is 2.35. The summed E-state index contributed by atoms with van der Waals surface area (Å²) >= 11 is 0. The summed E-state index contributed by atoms with van der Waals surface area (Å²) in [4.78, 5) is 11.9. The molecule has 0 spiro atoms. The molecule has 106 valence electrons. The standard InChI is InChI=1S/C13H20N2O3S/c1-2-10(9-14)19(17,18)15-8-4-6-12(15)11-5-3-7-13(11)16/h10-12H,2-8H2,1H3. The molecule has 0 aromatic heterocycles. The van der Waals surface area contributed by atoms with E-state index in [-0.39, 0.29) is 17.7 Å². The van der Waals surface area contributed by atoms with Crippen molar-refractivity contribution in [2.24, 2.45) is 5.92 Å². The van der Waals surface area contributed by atoms with E-state index < -0.39 is 15.3 Å². The Balaban J connectivity index is 2.24. The van der Waals surface area contributed by atoms with Gasteiger partial charge in [-0.1, -0.05) is 6.92 Å². The Hall–Kier alpha value is -0.930. The van der Waals surface area contributed by atoms with Crippen LogP contribution in [0.25, 0.3) is 0 Å². The molecule has 0 amide bonds. The van der Waals surface area contributed by atoms with E-state index >= 15 is 0 Å². The zero-order valence-corrected chi connectivity index (χ0v) is 12.0. The van der Waals surface area contributed by atoms with Crippen molar-refractivity contribution >= 4 is 15.8 Å². The lowest BCUT2D eigenvalue weighted by molar-refractivity contribution is -0.121. The van der Waals surface area contributed by atoms with Crippen LogP contribution in [0.2, 0.25) is 0 Å². The molecule has 0 radical (unpaired) electrons. The molecular formula is C13H20N2O3S. The van der Waals surface area contributed by atoms with Crippen LogP contribution in [0.5, 0.6) is 0 Å². The van der Waals surface area contributed by atoms with Gasteiger partial charge in [0.25, 0.3) is 0 Å². The van der Waals surface area contributed by atoms with E-state index in [4.69, 9.17) is 5.26 Å². The first-order valence-corrected chi connectivity index (χ1v) is 8.45. The molecule has 1 aliphatic carbocycles. The third-order valence-corrected chi connectivity index (χ3v) is 6.53. The first-order chi connectivity index (χ1) is 9.02. The van der Waals surface area contributed by atoms with E-state index in [0.717, 1.165) is 25.7 Å². The smallest absolute Gasteiger partial charge is 0.230 e. The molecule has 0 aromatic rings. The van der Waals surface area contributed by atoms with E-state index in [1.807, 2.05) is 6.07 Å². The number of carbonyl (C=O) groups excluding carboxylic acids is 1. The Morgan fingerprint density at radius 2 is 2.16 bits per heavy atom. The van der Waals surface area contributed by atoms with E-state index in [9.17, 15) is 13.2 Å². The van der Waals surface area contributed by atoms with Gasteiger partial charge in [0.05, 0.1) is 6.07 Å². The van der Waals surface area contributed by atoms with Crippen molar-refractivity contribution in [1.29, 1.82) is 5.26 Å². The van der Waals surface area contributed by atoms with Gasteiger partial charge < -0.3 is 0 Å². The van der Waals surface area contributed by atoms with Gasteiger partial charge in [0.1, 0.15) is 5.78 Å². The molecule has 0 aromatic carbocycles. The van der Waals surface area contributed by atoms with Crippen LogP contribution in [0.15, 0.2) is 0 Å². The van der Waals surface area contributed by atoms with Gasteiger partial charge in [-0.25, -0.2) is 8.42 Å². The van der Waals surface area contributed by atoms with E-state index in [1.165, 1.54) is 4.31 Å². The number of rotatable bonds is 4. The maximum Gasteiger partial charge on any atom is 0.230 e. The summed E-state index contributed by atoms with van der Waals surface area (Å²) in [6.07, 6.45) is 4.06. The highest BCUT2D eigenvalue weighted by Gasteiger charge is 2.45. The van der Waals surface area contributed by atoms with Gasteiger partial charge in [0, 0.05) is 24.9 Å². The van der Waals surface area contributed by atoms with Gasteiger partial charge in [0.2, 0.25) is 10.0 Å². The SMILES string of the molecule is CCC(C#N)S(=O)(=O)N1CCCC1C1CCCC1=O. The summed E-state index contributed by atoms with van der Waals surface area (Å²) in [6.45, 7) is 2.16. The molecule has 3 unspecified atom stereocenters. The molecule has 19 heavy (non-hydrogen) atoms. The Kier molecular flexibility index (Phi) is 4.26. The van der Waals surface area contributed by atoms with Crippen molar-refractivity contribution < 1.29 is 13.2 Å². The summed E-state index contributed by atoms with van der Waals surface area (Å²) in [5, 5.41) is 8.02. The van der Waals surface area contributed by atoms with E-state index in [2.05, 4.69) is 0 Å². The molecular weight excluding hydrogens is 264 g/mol. The predicted octanol–water partition coefficient (Wildman–Crippen LogP) is 1.45. The third kappa shape index (κ3) is 2.54. The molecule has 1 aliphatic heterocycles. The van der Waals surface area contributed by atoms with Crippen LogP contribution in [0.1, 0.15) is 45.4 Å². The first-order valence-electron chi connectivity index (χ1n) is 6.95. The van der Waals surface area contributed by atoms with Gasteiger partial charge in [-0.05, 0) is 32.1 Å². The fourth-order valence-electron chi connectivity index (χ4n) is 3.27. The number of sulfonamides is 1. The van der Waals surface area contributed by atoms with Crippen molar-refractivity contribution in [2.45, 2.75) is 56.7 Å². The van der Waals surface area contributed by atoms with Gasteiger partial charge in [-0.2, -0.15) is 9.57 Å². The van der Waals surface area contributed by atoms with Gasteiger partial charge in [-0.3, -0.25) is 4.79 Å². The molecule has 6 heteroatoms. The highest BCUT2D eigenvalue weighted by molar-refractivity contribution is 7.90. The number of hydrogen-bond acceptors (Lipinski definition) is 4. The summed E-state index contributed by atoms with van der Waals surface area (Å²) < 4.78 is 26.4. The van der Waals surface area contributed by atoms with Crippen molar-refractivity contribution in [2.75, 3.05) is 6.54 Å². The zero-order valence-electron chi connectivity index (χ0n) is 11.2. The molecule has 1 heterocycles. The van der Waals surface area contributed by atoms with Crippen LogP contribution in [-0.4, -0.2) is 36.3 Å². The second-order valence-corrected chi connectivity index (χ2v) is 7.42. The average molecular weight is 284 g/mol. The van der Waals surface area contributed by atoms with Gasteiger partial charge >= 0.3 is 0 Å². The number of nitriles is 1. The van der Waals surface area contributed by atoms with E-state index in [1.54, 1.807) is 6.92 Å². The Morgan fingerprint density at radius 1 is 1.42 bits per heavy atom. The molecule has 5 nitrogen and oxygen atoms in total. The summed E-state index contributed by atoms with van der Waals surface area (Å²) in [5.74, 6) is 0.0468. The Bertz CT molecular complexity index is 495. The summed E-state index contributed by atoms with van der Waals surface area (Å²) in [6, 6.07) is 1.67. The Morgan fingerprint density at radius 3 is 2.68 bits per heavy atom. The third-order valence-electron chi connectivity index (χ3n) is 4.27. The maximum absolute atomic E-state index is 12.5. The summed E-state index contributed by atoms with van der Waals surface area (Å²) in [7, 11) is -3.59. The number of carbonyl (C=O) groups is 1. The number of ketones is 1. The predicted molar refractivity (Wildman–Crippen MR) is 70.7 cm³/mol. The van der Waals surface area contributed by atoms with Crippen LogP contribution >= 0.6 is 0 Å². The zero-order chi connectivity index (χ0) is 14.0. The van der Waals surface area contributed by atoms with Crippen molar-refractivity contribution in [3.05, 3.63) is 0 Å². The lowest BCUT2D eigenvalue weighted by atomic mass is 9.96. The fourth-order valence-corrected chi connectivity index (χ4v) is 5.16. The molecule has 0 bridgehead atoms. The molecule has 1 saturated heterocycles. The number of Topliss-reactive ketones (excluding diaryl/α,β-unsaturated/α-hetero) is 1. The van der Waals surface area contributed by atoms with Crippen LogP contribution in [0.3, 0.4) is 0 Å². The second kappa shape index (κ2) is 5.59. The largest absolute Gasteiger partial charge is 0.299 e. The minimum Gasteiger partial charge on any atom is -0.299 e. The molecule has 2 rings (SSSR count). The van der Waals surface area contributed by atoms with Crippen LogP contribution in [0, 0.1) is 17.2 Å². The van der Waals surface area contributed by atoms with Gasteiger partial charge in [0.15, 0.2) is 5.25 Å². The molecule has 1 saturated carbocycles. The number of nitrogens with zero attached hydrogens (tertiary/aromatic N) is 2. The lowest BCUT2D eigenvalue weighted by Gasteiger charge is -2.29. The molecule has 3 atom stereocenters. The minimum absolute atomic E-state index is 0.145. The molecule has 2 fully saturated rings. The summed E-state index contributed by atoms with van der Waals surface area (Å²) in [5.41, 5.74) is 0. The highest BCUT2D eigenvalue weighted by atomic mass is 32.2. The van der Waals surface area contributed by atoms with Crippen molar-refractivity contribution in [1.82, 2.24) is 4.31 Å². The second-order valence-electron chi connectivity index (χ2n) is 5.36. The maximum atomic E-state index is 12.5. The minimum atomic E-state index is -3.59.